The Morgan fingerprint density at radius 2 is 2.12 bits per heavy atom. The van der Waals surface area contributed by atoms with E-state index in [0.29, 0.717) is 18.7 Å². The maximum atomic E-state index is 13.0. The van der Waals surface area contributed by atoms with Crippen LogP contribution in [0.15, 0.2) is 24.3 Å². The zero-order valence-electron chi connectivity index (χ0n) is 14.5. The van der Waals surface area contributed by atoms with Crippen molar-refractivity contribution in [1.29, 1.82) is 0 Å². The second-order valence-corrected chi connectivity index (χ2v) is 6.61. The van der Waals surface area contributed by atoms with Gasteiger partial charge in [0.15, 0.2) is 0 Å². The SMILES string of the molecule is CCC1CN(C)CCN1C(=O)c1cccc(N2CCCNC2=O)c1. The molecule has 6 heteroatoms. The van der Waals surface area contributed by atoms with Crippen LogP contribution in [0.5, 0.6) is 0 Å². The lowest BCUT2D eigenvalue weighted by molar-refractivity contribution is 0.0493. The zero-order valence-corrected chi connectivity index (χ0v) is 14.5. The highest BCUT2D eigenvalue weighted by atomic mass is 16.2. The molecule has 2 aliphatic heterocycles. The number of piperazine rings is 1. The predicted octanol–water partition coefficient (Wildman–Crippen LogP) is 1.77. The van der Waals surface area contributed by atoms with Crippen LogP contribution in [0.25, 0.3) is 0 Å². The Labute approximate surface area is 143 Å². The molecule has 0 bridgehead atoms. The van der Waals surface area contributed by atoms with Crippen molar-refractivity contribution in [2.45, 2.75) is 25.8 Å². The molecule has 1 atom stereocenters. The van der Waals surface area contributed by atoms with E-state index in [1.165, 1.54) is 0 Å². The van der Waals surface area contributed by atoms with Crippen molar-refractivity contribution in [3.05, 3.63) is 29.8 Å². The molecule has 0 aromatic heterocycles. The van der Waals surface area contributed by atoms with Gasteiger partial charge in [0.1, 0.15) is 0 Å². The number of amides is 3. The minimum atomic E-state index is -0.0862. The standard InChI is InChI=1S/C18H26N4O2/c1-3-15-13-20(2)10-11-21(15)17(23)14-6-4-7-16(12-14)22-9-5-8-19-18(22)24/h4,6-7,12,15H,3,5,8-11,13H2,1-2H3,(H,19,24). The fraction of sp³-hybridized carbons (Fsp3) is 0.556. The van der Waals surface area contributed by atoms with Crippen molar-refractivity contribution in [2.75, 3.05) is 44.7 Å². The Hall–Kier alpha value is -2.08. The van der Waals surface area contributed by atoms with E-state index in [2.05, 4.69) is 24.2 Å². The van der Waals surface area contributed by atoms with Gasteiger partial charge in [-0.05, 0) is 38.1 Å². The monoisotopic (exact) mass is 330 g/mol. The van der Waals surface area contributed by atoms with Gasteiger partial charge in [0.2, 0.25) is 0 Å². The van der Waals surface area contributed by atoms with Crippen LogP contribution in [0.1, 0.15) is 30.1 Å². The average Bonchev–Trinajstić information content (AvgIpc) is 2.61. The molecule has 1 aromatic rings. The first-order chi connectivity index (χ1) is 11.6. The first-order valence-electron chi connectivity index (χ1n) is 8.75. The van der Waals surface area contributed by atoms with Crippen molar-refractivity contribution in [2.24, 2.45) is 0 Å². The number of nitrogens with zero attached hydrogens (tertiary/aromatic N) is 3. The maximum absolute atomic E-state index is 13.0. The highest BCUT2D eigenvalue weighted by molar-refractivity contribution is 5.98. The van der Waals surface area contributed by atoms with E-state index < -0.39 is 0 Å². The van der Waals surface area contributed by atoms with Crippen molar-refractivity contribution in [3.8, 4) is 0 Å². The van der Waals surface area contributed by atoms with Crippen LogP contribution < -0.4 is 10.2 Å². The quantitative estimate of drug-likeness (QED) is 0.919. The van der Waals surface area contributed by atoms with E-state index in [1.54, 1.807) is 4.90 Å². The summed E-state index contributed by atoms with van der Waals surface area (Å²) >= 11 is 0. The number of carbonyl (C=O) groups is 2. The summed E-state index contributed by atoms with van der Waals surface area (Å²) in [6.07, 6.45) is 1.87. The summed E-state index contributed by atoms with van der Waals surface area (Å²) in [5.74, 6) is 0.0641. The summed E-state index contributed by atoms with van der Waals surface area (Å²) in [5.41, 5.74) is 1.45. The number of rotatable bonds is 3. The van der Waals surface area contributed by atoms with Crippen LogP contribution in [0, 0.1) is 0 Å². The van der Waals surface area contributed by atoms with Crippen LogP contribution in [-0.4, -0.2) is 67.6 Å². The second kappa shape index (κ2) is 7.21. The fourth-order valence-electron chi connectivity index (χ4n) is 3.48. The summed E-state index contributed by atoms with van der Waals surface area (Å²) in [7, 11) is 2.10. The largest absolute Gasteiger partial charge is 0.338 e. The molecule has 6 nitrogen and oxygen atoms in total. The van der Waals surface area contributed by atoms with Crippen molar-refractivity contribution < 1.29 is 9.59 Å². The number of urea groups is 1. The molecule has 1 unspecified atom stereocenters. The molecule has 2 heterocycles. The Morgan fingerprint density at radius 1 is 1.29 bits per heavy atom. The molecule has 1 aromatic carbocycles. The number of likely N-dealkylation sites (N-methyl/N-ethyl adjacent to an activating group) is 1. The lowest BCUT2D eigenvalue weighted by atomic mass is 10.1. The van der Waals surface area contributed by atoms with Gasteiger partial charge in [-0.25, -0.2) is 4.79 Å². The summed E-state index contributed by atoms with van der Waals surface area (Å²) < 4.78 is 0. The van der Waals surface area contributed by atoms with Crippen LogP contribution in [0.3, 0.4) is 0 Å². The number of carbonyl (C=O) groups excluding carboxylic acids is 2. The zero-order chi connectivity index (χ0) is 17.1. The minimum absolute atomic E-state index is 0.0641. The van der Waals surface area contributed by atoms with E-state index in [9.17, 15) is 9.59 Å². The molecule has 0 saturated carbocycles. The van der Waals surface area contributed by atoms with E-state index in [0.717, 1.165) is 38.2 Å². The number of hydrogen-bond acceptors (Lipinski definition) is 3. The maximum Gasteiger partial charge on any atom is 0.321 e. The van der Waals surface area contributed by atoms with E-state index in [1.807, 2.05) is 29.2 Å². The third kappa shape index (κ3) is 3.38. The molecule has 0 spiro atoms. The van der Waals surface area contributed by atoms with Crippen LogP contribution in [0.2, 0.25) is 0 Å². The second-order valence-electron chi connectivity index (χ2n) is 6.61. The first kappa shape index (κ1) is 16.8. The molecule has 0 radical (unpaired) electrons. The Morgan fingerprint density at radius 3 is 2.88 bits per heavy atom. The van der Waals surface area contributed by atoms with Crippen LogP contribution in [0.4, 0.5) is 10.5 Å². The summed E-state index contributed by atoms with van der Waals surface area (Å²) in [6.45, 7) is 6.09. The first-order valence-corrected chi connectivity index (χ1v) is 8.75. The highest BCUT2D eigenvalue weighted by Gasteiger charge is 2.29. The summed E-state index contributed by atoms with van der Waals surface area (Å²) in [5, 5.41) is 2.85. The Balaban J connectivity index is 1.80. The number of benzene rings is 1. The molecule has 130 valence electrons. The van der Waals surface area contributed by atoms with Gasteiger partial charge < -0.3 is 15.1 Å². The van der Waals surface area contributed by atoms with Crippen molar-refractivity contribution in [1.82, 2.24) is 15.1 Å². The van der Waals surface area contributed by atoms with Gasteiger partial charge in [-0.15, -0.1) is 0 Å². The van der Waals surface area contributed by atoms with Crippen LogP contribution >= 0.6 is 0 Å². The molecule has 2 saturated heterocycles. The summed E-state index contributed by atoms with van der Waals surface area (Å²) in [4.78, 5) is 31.0. The van der Waals surface area contributed by atoms with Crippen molar-refractivity contribution >= 4 is 17.6 Å². The topological polar surface area (TPSA) is 55.9 Å². The molecule has 3 rings (SSSR count). The van der Waals surface area contributed by atoms with E-state index >= 15 is 0 Å². The van der Waals surface area contributed by atoms with Gasteiger partial charge >= 0.3 is 6.03 Å². The normalized spacial score (nSPS) is 22.4. The average molecular weight is 330 g/mol. The molecular weight excluding hydrogens is 304 g/mol. The van der Waals surface area contributed by atoms with Gasteiger partial charge in [0, 0.05) is 50.0 Å². The molecule has 2 fully saturated rings. The number of nitrogens with one attached hydrogen (secondary N) is 1. The Bertz CT molecular complexity index is 619. The number of hydrogen-bond donors (Lipinski definition) is 1. The van der Waals surface area contributed by atoms with E-state index in [4.69, 9.17) is 0 Å². The predicted molar refractivity (Wildman–Crippen MR) is 94.4 cm³/mol. The highest BCUT2D eigenvalue weighted by Crippen LogP contribution is 2.21. The fourth-order valence-corrected chi connectivity index (χ4v) is 3.48. The Kier molecular flexibility index (Phi) is 5.04. The number of anilines is 1. The van der Waals surface area contributed by atoms with Gasteiger partial charge in [0.05, 0.1) is 0 Å². The smallest absolute Gasteiger partial charge is 0.321 e. The van der Waals surface area contributed by atoms with Gasteiger partial charge in [0.25, 0.3) is 5.91 Å². The minimum Gasteiger partial charge on any atom is -0.338 e. The summed E-state index contributed by atoms with van der Waals surface area (Å²) in [6, 6.07) is 7.61. The van der Waals surface area contributed by atoms with Gasteiger partial charge in [-0.2, -0.15) is 0 Å². The molecule has 3 amide bonds. The molecule has 0 aliphatic carbocycles. The van der Waals surface area contributed by atoms with Crippen LogP contribution in [-0.2, 0) is 0 Å². The molecular formula is C18H26N4O2. The third-order valence-corrected chi connectivity index (χ3v) is 4.90. The third-order valence-electron chi connectivity index (χ3n) is 4.90. The van der Waals surface area contributed by atoms with Gasteiger partial charge in [-0.1, -0.05) is 13.0 Å². The van der Waals surface area contributed by atoms with Gasteiger partial charge in [-0.3, -0.25) is 9.69 Å². The molecule has 2 aliphatic rings. The lowest BCUT2D eigenvalue weighted by Crippen LogP contribution is -2.53. The molecule has 1 N–H and O–H groups in total. The van der Waals surface area contributed by atoms with Crippen molar-refractivity contribution in [3.63, 3.8) is 0 Å². The molecule has 24 heavy (non-hydrogen) atoms. The van der Waals surface area contributed by atoms with E-state index in [-0.39, 0.29) is 18.0 Å². The lowest BCUT2D eigenvalue weighted by Gasteiger charge is -2.40.